The van der Waals surface area contributed by atoms with Crippen molar-refractivity contribution in [3.63, 3.8) is 0 Å². The number of esters is 1. The molecule has 20 heavy (non-hydrogen) atoms. The lowest BCUT2D eigenvalue weighted by molar-refractivity contribution is -0.149. The van der Waals surface area contributed by atoms with Crippen LogP contribution in [0.5, 0.6) is 0 Å². The third-order valence-electron chi connectivity index (χ3n) is 3.31. The Morgan fingerprint density at radius 3 is 2.85 bits per heavy atom. The molecular weight excluding hydrogens is 298 g/mol. The van der Waals surface area contributed by atoms with Gasteiger partial charge in [0, 0.05) is 18.0 Å². The Morgan fingerprint density at radius 2 is 2.25 bits per heavy atom. The molecule has 112 valence electrons. The Labute approximate surface area is 123 Å². The third kappa shape index (κ3) is 3.21. The van der Waals surface area contributed by atoms with E-state index in [9.17, 15) is 13.2 Å². The number of carbonyl (C=O) groups excluding carboxylic acids is 1. The van der Waals surface area contributed by atoms with E-state index in [1.807, 2.05) is 6.92 Å². The van der Waals surface area contributed by atoms with Crippen molar-refractivity contribution in [3.8, 4) is 0 Å². The number of hydrogen-bond acceptors (Lipinski definition) is 5. The van der Waals surface area contributed by atoms with Crippen LogP contribution in [0.3, 0.4) is 0 Å². The maximum Gasteiger partial charge on any atom is 0.310 e. The lowest BCUT2D eigenvalue weighted by Gasteiger charge is -2.30. The summed E-state index contributed by atoms with van der Waals surface area (Å²) in [5.41, 5.74) is 0. The minimum absolute atomic E-state index is 0.220. The Hall–Kier alpha value is -0.920. The number of nitrogens with zero attached hydrogens (tertiary/aromatic N) is 1. The average Bonchev–Trinajstić information content (AvgIpc) is 2.86. The number of thiophene rings is 1. The van der Waals surface area contributed by atoms with Crippen LogP contribution in [-0.4, -0.2) is 38.4 Å². The predicted molar refractivity (Wildman–Crippen MR) is 77.2 cm³/mol. The molecule has 0 amide bonds. The van der Waals surface area contributed by atoms with Crippen LogP contribution in [0.2, 0.25) is 0 Å². The van der Waals surface area contributed by atoms with Crippen LogP contribution in [0.4, 0.5) is 0 Å². The summed E-state index contributed by atoms with van der Waals surface area (Å²) < 4.78 is 31.8. The van der Waals surface area contributed by atoms with Gasteiger partial charge in [-0.1, -0.05) is 0 Å². The molecule has 1 aromatic rings. The zero-order valence-electron chi connectivity index (χ0n) is 11.7. The third-order valence-corrected chi connectivity index (χ3v) is 6.65. The first-order valence-corrected chi connectivity index (χ1v) is 8.94. The molecule has 1 saturated heterocycles. The molecule has 0 saturated carbocycles. The molecule has 1 aliphatic rings. The largest absolute Gasteiger partial charge is 0.466 e. The molecule has 2 heterocycles. The van der Waals surface area contributed by atoms with Crippen LogP contribution in [-0.2, 0) is 19.6 Å². The van der Waals surface area contributed by atoms with Gasteiger partial charge in [-0.3, -0.25) is 4.79 Å². The minimum atomic E-state index is -3.48. The summed E-state index contributed by atoms with van der Waals surface area (Å²) in [7, 11) is -3.48. The molecule has 0 aromatic carbocycles. The van der Waals surface area contributed by atoms with Crippen molar-refractivity contribution in [2.24, 2.45) is 5.92 Å². The molecule has 0 N–H and O–H groups in total. The molecule has 0 aliphatic carbocycles. The van der Waals surface area contributed by atoms with E-state index in [0.717, 1.165) is 4.88 Å². The van der Waals surface area contributed by atoms with Crippen molar-refractivity contribution in [1.82, 2.24) is 4.31 Å². The molecule has 0 unspecified atom stereocenters. The Morgan fingerprint density at radius 1 is 1.50 bits per heavy atom. The molecule has 1 atom stereocenters. The second-order valence-electron chi connectivity index (χ2n) is 4.82. The lowest BCUT2D eigenvalue weighted by atomic mass is 10.0. The van der Waals surface area contributed by atoms with E-state index in [0.29, 0.717) is 30.2 Å². The number of carbonyl (C=O) groups is 1. The Kier molecular flexibility index (Phi) is 4.82. The zero-order chi connectivity index (χ0) is 14.8. The van der Waals surface area contributed by atoms with E-state index < -0.39 is 10.0 Å². The lowest BCUT2D eigenvalue weighted by Crippen LogP contribution is -2.42. The van der Waals surface area contributed by atoms with Crippen LogP contribution >= 0.6 is 11.3 Å². The fourth-order valence-electron chi connectivity index (χ4n) is 2.29. The van der Waals surface area contributed by atoms with Gasteiger partial charge in [0.1, 0.15) is 4.21 Å². The molecule has 0 spiro atoms. The van der Waals surface area contributed by atoms with Gasteiger partial charge in [0.15, 0.2) is 0 Å². The standard InChI is InChI=1S/C13H19NO4S2/c1-3-18-13(15)11-5-4-8-14(9-11)20(16,17)12-7-6-10(2)19-12/h6-7,11H,3-5,8-9H2,1-2H3/t11-/m0/s1. The highest BCUT2D eigenvalue weighted by atomic mass is 32.2. The monoisotopic (exact) mass is 317 g/mol. The summed E-state index contributed by atoms with van der Waals surface area (Å²) in [5.74, 6) is -0.644. The van der Waals surface area contributed by atoms with Crippen molar-refractivity contribution in [2.75, 3.05) is 19.7 Å². The van der Waals surface area contributed by atoms with E-state index in [4.69, 9.17) is 4.74 Å². The number of hydrogen-bond donors (Lipinski definition) is 0. The molecule has 0 bridgehead atoms. The van der Waals surface area contributed by atoms with Gasteiger partial charge in [0.25, 0.3) is 10.0 Å². The molecule has 1 aromatic heterocycles. The highest BCUT2D eigenvalue weighted by Crippen LogP contribution is 2.28. The first kappa shape index (κ1) is 15.5. The van der Waals surface area contributed by atoms with Gasteiger partial charge in [0.2, 0.25) is 0 Å². The smallest absolute Gasteiger partial charge is 0.310 e. The van der Waals surface area contributed by atoms with E-state index in [1.165, 1.54) is 15.6 Å². The van der Waals surface area contributed by atoms with Crippen LogP contribution in [0.1, 0.15) is 24.6 Å². The summed E-state index contributed by atoms with van der Waals surface area (Å²) >= 11 is 1.26. The zero-order valence-corrected chi connectivity index (χ0v) is 13.3. The van der Waals surface area contributed by atoms with Gasteiger partial charge >= 0.3 is 5.97 Å². The molecule has 1 aliphatic heterocycles. The quantitative estimate of drug-likeness (QED) is 0.797. The first-order valence-electron chi connectivity index (χ1n) is 6.68. The van der Waals surface area contributed by atoms with Crippen molar-refractivity contribution in [2.45, 2.75) is 30.9 Å². The van der Waals surface area contributed by atoms with Crippen LogP contribution in [0.25, 0.3) is 0 Å². The van der Waals surface area contributed by atoms with Crippen LogP contribution in [0, 0.1) is 12.8 Å². The van der Waals surface area contributed by atoms with Crippen molar-refractivity contribution < 1.29 is 17.9 Å². The number of rotatable bonds is 4. The van der Waals surface area contributed by atoms with Crippen molar-refractivity contribution >= 4 is 27.3 Å². The molecule has 7 heteroatoms. The summed E-state index contributed by atoms with van der Waals surface area (Å²) in [6, 6.07) is 3.42. The number of ether oxygens (including phenoxy) is 1. The normalized spacial score (nSPS) is 20.8. The van der Waals surface area contributed by atoms with Crippen LogP contribution in [0.15, 0.2) is 16.3 Å². The number of piperidine rings is 1. The van der Waals surface area contributed by atoms with Crippen molar-refractivity contribution in [3.05, 3.63) is 17.0 Å². The fourth-order valence-corrected chi connectivity index (χ4v) is 5.25. The van der Waals surface area contributed by atoms with E-state index in [2.05, 4.69) is 0 Å². The second kappa shape index (κ2) is 6.24. The Bertz CT molecular complexity index is 579. The van der Waals surface area contributed by atoms with Crippen molar-refractivity contribution in [1.29, 1.82) is 0 Å². The SMILES string of the molecule is CCOC(=O)[C@H]1CCCN(S(=O)(=O)c2ccc(C)s2)C1. The highest BCUT2D eigenvalue weighted by molar-refractivity contribution is 7.91. The van der Waals surface area contributed by atoms with E-state index in [1.54, 1.807) is 19.1 Å². The average molecular weight is 317 g/mol. The summed E-state index contributed by atoms with van der Waals surface area (Å²) in [6.45, 7) is 4.64. The van der Waals surface area contributed by atoms with E-state index >= 15 is 0 Å². The summed E-state index contributed by atoms with van der Waals surface area (Å²) in [5, 5.41) is 0. The topological polar surface area (TPSA) is 63.7 Å². The molecule has 0 radical (unpaired) electrons. The van der Waals surface area contributed by atoms with Gasteiger partial charge in [-0.25, -0.2) is 8.42 Å². The van der Waals surface area contributed by atoms with Gasteiger partial charge in [-0.2, -0.15) is 4.31 Å². The first-order chi connectivity index (χ1) is 9.45. The number of sulfonamides is 1. The van der Waals surface area contributed by atoms with E-state index in [-0.39, 0.29) is 18.4 Å². The van der Waals surface area contributed by atoms with Gasteiger partial charge in [-0.05, 0) is 38.8 Å². The van der Waals surface area contributed by atoms with Crippen LogP contribution < -0.4 is 0 Å². The highest BCUT2D eigenvalue weighted by Gasteiger charge is 2.34. The Balaban J connectivity index is 2.14. The summed E-state index contributed by atoms with van der Waals surface area (Å²) in [6.07, 6.45) is 1.38. The maximum atomic E-state index is 12.5. The molecule has 1 fully saturated rings. The molecular formula is C13H19NO4S2. The predicted octanol–water partition coefficient (Wildman–Crippen LogP) is 2.02. The van der Waals surface area contributed by atoms with Gasteiger partial charge in [-0.15, -0.1) is 11.3 Å². The minimum Gasteiger partial charge on any atom is -0.466 e. The number of aryl methyl sites for hydroxylation is 1. The summed E-state index contributed by atoms with van der Waals surface area (Å²) in [4.78, 5) is 12.7. The fraction of sp³-hybridized carbons (Fsp3) is 0.615. The molecule has 5 nitrogen and oxygen atoms in total. The molecule has 2 rings (SSSR count). The van der Waals surface area contributed by atoms with Gasteiger partial charge < -0.3 is 4.74 Å². The maximum absolute atomic E-state index is 12.5. The van der Waals surface area contributed by atoms with Gasteiger partial charge in [0.05, 0.1) is 12.5 Å². The second-order valence-corrected chi connectivity index (χ2v) is 8.27.